The fourth-order valence-corrected chi connectivity index (χ4v) is 9.45. The van der Waals surface area contributed by atoms with Crippen molar-refractivity contribution in [1.82, 2.24) is 13.9 Å². The molecule has 0 radical (unpaired) electrons. The van der Waals surface area contributed by atoms with Crippen LogP contribution in [0.25, 0.3) is 0 Å². The molecule has 60 heavy (non-hydrogen) atoms. The Labute approximate surface area is 368 Å². The van der Waals surface area contributed by atoms with E-state index in [0.29, 0.717) is 84.5 Å². The molecule has 2 aliphatic heterocycles. The van der Waals surface area contributed by atoms with E-state index in [2.05, 4.69) is 33.0 Å². The molecular weight excluding hydrogens is 803 g/mol. The molecule has 0 aliphatic carbocycles. The lowest BCUT2D eigenvalue weighted by Gasteiger charge is -2.32. The summed E-state index contributed by atoms with van der Waals surface area (Å²) in [6.07, 6.45) is 6.18. The number of hydrogen-bond acceptors (Lipinski definition) is 9. The van der Waals surface area contributed by atoms with Crippen molar-refractivity contribution in [2.45, 2.75) is 176 Å². The second-order valence-corrected chi connectivity index (χ2v) is 18.0. The van der Waals surface area contributed by atoms with Crippen molar-refractivity contribution in [1.29, 1.82) is 0 Å². The monoisotopic (exact) mass is 890 g/mol. The van der Waals surface area contributed by atoms with Crippen LogP contribution in [0.1, 0.15) is 146 Å². The van der Waals surface area contributed by atoms with Crippen LogP contribution in [0.5, 0.6) is 11.5 Å². The van der Waals surface area contributed by atoms with Crippen LogP contribution in [-0.2, 0) is 34.3 Å². The second kappa shape index (κ2) is 33.8. The molecule has 2 saturated heterocycles. The van der Waals surface area contributed by atoms with Gasteiger partial charge in [-0.25, -0.2) is 16.8 Å². The molecule has 2 heterocycles. The molecule has 0 aromatic heterocycles. The van der Waals surface area contributed by atoms with Crippen LogP contribution in [0.4, 0.5) is 0 Å². The average Bonchev–Trinajstić information content (AvgIpc) is 3.23. The predicted octanol–water partition coefficient (Wildman–Crippen LogP) is 10.2. The zero-order chi connectivity index (χ0) is 47.1. The molecule has 352 valence electrons. The van der Waals surface area contributed by atoms with E-state index < -0.39 is 20.0 Å². The summed E-state index contributed by atoms with van der Waals surface area (Å²) in [6, 6.07) is 10.2. The molecule has 0 spiro atoms. The number of piperidine rings is 2. The van der Waals surface area contributed by atoms with Crippen molar-refractivity contribution in [3.05, 3.63) is 47.5 Å². The minimum absolute atomic E-state index is 0.0333. The highest BCUT2D eigenvalue weighted by Gasteiger charge is 2.33. The number of nitrogens with zero attached hydrogens (tertiary/aromatic N) is 2. The van der Waals surface area contributed by atoms with Crippen LogP contribution in [-0.4, -0.2) is 103 Å². The van der Waals surface area contributed by atoms with Crippen molar-refractivity contribution in [3.63, 3.8) is 0 Å². The first-order valence-corrected chi connectivity index (χ1v) is 25.0. The van der Waals surface area contributed by atoms with Gasteiger partial charge in [0.05, 0.1) is 36.2 Å². The number of rotatable bonds is 12. The van der Waals surface area contributed by atoms with Gasteiger partial charge >= 0.3 is 0 Å². The van der Waals surface area contributed by atoms with E-state index >= 15 is 0 Å². The highest BCUT2D eigenvalue weighted by Crippen LogP contribution is 2.30. The number of carbonyl (C=O) groups is 1. The Kier molecular flexibility index (Phi) is 34.7. The summed E-state index contributed by atoms with van der Waals surface area (Å²) in [5.74, 6) is 1.11. The maximum atomic E-state index is 13.0. The summed E-state index contributed by atoms with van der Waals surface area (Å²) in [7, 11) is -2.27. The topological polar surface area (TPSA) is 141 Å². The van der Waals surface area contributed by atoms with Gasteiger partial charge < -0.3 is 24.3 Å². The molecule has 0 bridgehead atoms. The fraction of sp³-hybridized carbons (Fsp3) is 0.717. The predicted molar refractivity (Wildman–Crippen MR) is 250 cm³/mol. The van der Waals surface area contributed by atoms with Crippen LogP contribution >= 0.6 is 0 Å². The van der Waals surface area contributed by atoms with Gasteiger partial charge in [0, 0.05) is 63.5 Å². The first kappa shape index (κ1) is 61.5. The van der Waals surface area contributed by atoms with Gasteiger partial charge in [-0.3, -0.25) is 4.79 Å². The highest BCUT2D eigenvalue weighted by atomic mass is 32.2. The molecule has 2 aromatic rings. The van der Waals surface area contributed by atoms with E-state index in [4.69, 9.17) is 18.9 Å². The lowest BCUT2D eigenvalue weighted by Crippen LogP contribution is -2.44. The maximum Gasteiger partial charge on any atom is 0.243 e. The van der Waals surface area contributed by atoms with Gasteiger partial charge in [0.1, 0.15) is 11.5 Å². The zero-order valence-electron chi connectivity index (χ0n) is 41.0. The van der Waals surface area contributed by atoms with Crippen LogP contribution in [0.15, 0.2) is 46.2 Å². The van der Waals surface area contributed by atoms with Crippen LogP contribution in [0.3, 0.4) is 0 Å². The first-order valence-electron chi connectivity index (χ1n) is 22.1. The minimum atomic E-state index is -3.56. The molecule has 1 amide bonds. The highest BCUT2D eigenvalue weighted by molar-refractivity contribution is 7.89. The molecule has 0 saturated carbocycles. The van der Waals surface area contributed by atoms with Crippen LogP contribution < -0.4 is 14.8 Å². The van der Waals surface area contributed by atoms with E-state index in [1.54, 1.807) is 64.5 Å². The van der Waals surface area contributed by atoms with Crippen molar-refractivity contribution in [2.75, 3.05) is 54.1 Å². The number of benzene rings is 2. The third kappa shape index (κ3) is 21.4. The van der Waals surface area contributed by atoms with Gasteiger partial charge in [-0.1, -0.05) is 94.2 Å². The van der Waals surface area contributed by atoms with Gasteiger partial charge in [0.25, 0.3) is 0 Å². The van der Waals surface area contributed by atoms with E-state index in [0.717, 1.165) is 12.8 Å². The number of amides is 1. The summed E-state index contributed by atoms with van der Waals surface area (Å²) >= 11 is 0. The second-order valence-electron chi connectivity index (χ2n) is 14.2. The molecule has 2 fully saturated rings. The SMILES string of the molecule is CC.CC.CC.CCC.CCC.COc1cccc(S(=O)(=O)N2CCC(OC)CC2)c1C.COc1cccc(S(=O)(=O)N2CCC(OCCC(C)(C)NC(C)=O)CC2)c1C. The molecular formula is C46H87N3O9S2. The first-order chi connectivity index (χ1) is 28.4. The third-order valence-electron chi connectivity index (χ3n) is 8.87. The summed E-state index contributed by atoms with van der Waals surface area (Å²) in [4.78, 5) is 11.8. The molecule has 12 nitrogen and oxygen atoms in total. The molecule has 14 heteroatoms. The molecule has 0 unspecified atom stereocenters. The van der Waals surface area contributed by atoms with Crippen molar-refractivity contribution in [3.8, 4) is 11.5 Å². The normalized spacial score (nSPS) is 14.8. The number of nitrogens with one attached hydrogen (secondary N) is 1. The van der Waals surface area contributed by atoms with E-state index in [-0.39, 0.29) is 23.7 Å². The fourth-order valence-electron chi connectivity index (χ4n) is 6.04. The van der Waals surface area contributed by atoms with E-state index in [1.165, 1.54) is 35.5 Å². The number of methoxy groups -OCH3 is 3. The van der Waals surface area contributed by atoms with Crippen molar-refractivity contribution < 1.29 is 40.6 Å². The molecule has 4 rings (SSSR count). The summed E-state index contributed by atoms with van der Waals surface area (Å²) in [6.45, 7) is 31.8. The zero-order valence-corrected chi connectivity index (χ0v) is 42.6. The Morgan fingerprint density at radius 1 is 0.667 bits per heavy atom. The largest absolute Gasteiger partial charge is 0.496 e. The lowest BCUT2D eigenvalue weighted by molar-refractivity contribution is -0.120. The quantitative estimate of drug-likeness (QED) is 0.220. The Hall–Kier alpha value is -2.75. The Morgan fingerprint density at radius 2 is 1.00 bits per heavy atom. The van der Waals surface area contributed by atoms with Gasteiger partial charge in [-0.05, 0) is 84.1 Å². The standard InChI is InChI=1S/C20H32N2O5S.C14H21NO4S.2C3H8.3C2H6/c1-15-18(26-5)7-6-8-19(15)28(24,25)22-12-9-17(10-13-22)27-14-11-20(3,4)21-16(2)23;1-11-13(19-3)5-4-6-14(11)20(16,17)15-9-7-12(18-2)8-10-15;2*1-3-2;3*1-2/h6-8,17H,9-14H2,1-5H3,(H,21,23);4-6,12H,7-10H2,1-3H3;2*3H2,1-2H3;3*1-2H3. The smallest absolute Gasteiger partial charge is 0.243 e. The molecule has 1 N–H and O–H groups in total. The van der Waals surface area contributed by atoms with E-state index in [9.17, 15) is 21.6 Å². The summed E-state index contributed by atoms with van der Waals surface area (Å²) in [5.41, 5.74) is 0.965. The average molecular weight is 890 g/mol. The van der Waals surface area contributed by atoms with Crippen molar-refractivity contribution >= 4 is 26.0 Å². The summed E-state index contributed by atoms with van der Waals surface area (Å²) in [5, 5.41) is 2.90. The van der Waals surface area contributed by atoms with Gasteiger partial charge in [-0.15, -0.1) is 0 Å². The van der Waals surface area contributed by atoms with Gasteiger partial charge in [0.2, 0.25) is 26.0 Å². The minimum Gasteiger partial charge on any atom is -0.496 e. The van der Waals surface area contributed by atoms with Gasteiger partial charge in [-0.2, -0.15) is 8.61 Å². The van der Waals surface area contributed by atoms with E-state index in [1.807, 2.05) is 55.4 Å². The maximum absolute atomic E-state index is 13.0. The Bertz CT molecular complexity index is 1620. The Morgan fingerprint density at radius 3 is 1.30 bits per heavy atom. The van der Waals surface area contributed by atoms with Gasteiger partial charge in [0.15, 0.2) is 0 Å². The number of carbonyl (C=O) groups excluding carboxylic acids is 1. The number of sulfonamides is 2. The van der Waals surface area contributed by atoms with Crippen molar-refractivity contribution in [2.24, 2.45) is 0 Å². The Balaban J connectivity index is -0.000000885. The van der Waals surface area contributed by atoms with Crippen LogP contribution in [0, 0.1) is 13.8 Å². The third-order valence-corrected chi connectivity index (χ3v) is 13.0. The number of hydrogen-bond donors (Lipinski definition) is 1. The summed E-state index contributed by atoms with van der Waals surface area (Å²) < 4.78 is 76.2. The molecule has 2 aromatic carbocycles. The lowest BCUT2D eigenvalue weighted by atomic mass is 10.0. The number of ether oxygens (including phenoxy) is 4. The molecule has 2 aliphatic rings. The van der Waals surface area contributed by atoms with Crippen LogP contribution in [0.2, 0.25) is 0 Å². The molecule has 0 atom stereocenters.